The molecular weight excluding hydrogens is 334 g/mol. The molecule has 16 heavy (non-hydrogen) atoms. The molecule has 0 bridgehead atoms. The molecule has 1 amide bonds. The highest BCUT2D eigenvalue weighted by Gasteiger charge is 2.19. The fourth-order valence-corrected chi connectivity index (χ4v) is 2.03. The van der Waals surface area contributed by atoms with Gasteiger partial charge in [0.1, 0.15) is 0 Å². The molecule has 0 heterocycles. The number of nitrogens with one attached hydrogen (secondary N) is 1. The Kier molecular flexibility index (Phi) is 4.56. The lowest BCUT2D eigenvalue weighted by Crippen LogP contribution is -2.44. The average Bonchev–Trinajstić information content (AvgIpc) is 2.15. The Morgan fingerprint density at radius 2 is 2.00 bits per heavy atom. The van der Waals surface area contributed by atoms with Crippen molar-refractivity contribution >= 4 is 37.8 Å². The molecule has 1 N–H and O–H groups in total. The third kappa shape index (κ3) is 3.91. The molecule has 0 saturated carbocycles. The molecule has 0 spiro atoms. The zero-order valence-corrected chi connectivity index (χ0v) is 12.8. The zero-order valence-electron chi connectivity index (χ0n) is 9.60. The van der Waals surface area contributed by atoms with Gasteiger partial charge in [0.2, 0.25) is 0 Å². The van der Waals surface area contributed by atoms with Gasteiger partial charge < -0.3 is 5.32 Å². The Morgan fingerprint density at radius 1 is 1.38 bits per heavy atom. The molecule has 0 unspecified atom stereocenters. The van der Waals surface area contributed by atoms with Crippen LogP contribution in [-0.2, 0) is 0 Å². The second-order valence-corrected chi connectivity index (χ2v) is 5.97. The van der Waals surface area contributed by atoms with Crippen LogP contribution < -0.4 is 5.32 Å². The van der Waals surface area contributed by atoms with E-state index in [1.807, 2.05) is 39.0 Å². The molecule has 88 valence electrons. The highest BCUT2D eigenvalue weighted by atomic mass is 79.9. The van der Waals surface area contributed by atoms with Crippen molar-refractivity contribution in [3.05, 3.63) is 33.8 Å². The Balaban J connectivity index is 2.89. The van der Waals surface area contributed by atoms with Crippen LogP contribution in [0.25, 0.3) is 0 Å². The van der Waals surface area contributed by atoms with Crippen molar-refractivity contribution in [3.63, 3.8) is 0 Å². The van der Waals surface area contributed by atoms with E-state index in [1.165, 1.54) is 0 Å². The van der Waals surface area contributed by atoms with Crippen LogP contribution in [0.4, 0.5) is 0 Å². The van der Waals surface area contributed by atoms with E-state index in [4.69, 9.17) is 0 Å². The van der Waals surface area contributed by atoms with Crippen LogP contribution in [0.1, 0.15) is 29.8 Å². The van der Waals surface area contributed by atoms with Gasteiger partial charge in [-0.05, 0) is 44.5 Å². The number of aryl methyl sites for hydroxylation is 1. The first-order chi connectivity index (χ1) is 7.34. The maximum Gasteiger partial charge on any atom is 0.251 e. The fourth-order valence-electron chi connectivity index (χ4n) is 1.28. The smallest absolute Gasteiger partial charge is 0.251 e. The first kappa shape index (κ1) is 13.7. The molecule has 0 aromatic heterocycles. The van der Waals surface area contributed by atoms with Crippen molar-refractivity contribution in [1.82, 2.24) is 5.32 Å². The molecule has 0 aliphatic carbocycles. The Labute approximate surface area is 113 Å². The van der Waals surface area contributed by atoms with Gasteiger partial charge in [0.25, 0.3) is 5.91 Å². The summed E-state index contributed by atoms with van der Waals surface area (Å²) in [6, 6.07) is 5.68. The van der Waals surface area contributed by atoms with Gasteiger partial charge in [-0.3, -0.25) is 4.79 Å². The van der Waals surface area contributed by atoms with Crippen LogP contribution in [0.2, 0.25) is 0 Å². The minimum atomic E-state index is -0.243. The summed E-state index contributed by atoms with van der Waals surface area (Å²) in [5, 5.41) is 3.69. The maximum absolute atomic E-state index is 12.0. The highest BCUT2D eigenvalue weighted by molar-refractivity contribution is 9.10. The van der Waals surface area contributed by atoms with E-state index in [1.54, 1.807) is 0 Å². The van der Waals surface area contributed by atoms with E-state index in [-0.39, 0.29) is 11.4 Å². The first-order valence-electron chi connectivity index (χ1n) is 5.00. The molecular formula is C12H15Br2NO. The van der Waals surface area contributed by atoms with Crippen LogP contribution in [0, 0.1) is 6.92 Å². The normalized spacial score (nSPS) is 11.3. The minimum Gasteiger partial charge on any atom is -0.346 e. The topological polar surface area (TPSA) is 29.1 Å². The van der Waals surface area contributed by atoms with Crippen molar-refractivity contribution < 1.29 is 4.79 Å². The number of amides is 1. The van der Waals surface area contributed by atoms with Gasteiger partial charge in [-0.25, -0.2) is 0 Å². The number of carbonyl (C=O) groups is 1. The number of halogens is 2. The molecule has 0 aliphatic heterocycles. The van der Waals surface area contributed by atoms with Crippen LogP contribution in [-0.4, -0.2) is 16.8 Å². The van der Waals surface area contributed by atoms with Crippen molar-refractivity contribution in [1.29, 1.82) is 0 Å². The summed E-state index contributed by atoms with van der Waals surface area (Å²) in [5.41, 5.74) is 1.50. The van der Waals surface area contributed by atoms with E-state index in [9.17, 15) is 4.79 Å². The standard InChI is InChI=1S/C12H15Br2NO/c1-8-4-9(6-10(14)5-8)11(16)15-12(2,3)7-13/h4-6H,7H2,1-3H3,(H,15,16). The highest BCUT2D eigenvalue weighted by Crippen LogP contribution is 2.16. The second-order valence-electron chi connectivity index (χ2n) is 4.49. The molecule has 0 fully saturated rings. The van der Waals surface area contributed by atoms with Crippen LogP contribution in [0.3, 0.4) is 0 Å². The average molecular weight is 349 g/mol. The number of hydrogen-bond acceptors (Lipinski definition) is 1. The molecule has 0 aliphatic rings. The van der Waals surface area contributed by atoms with Gasteiger partial charge in [-0.2, -0.15) is 0 Å². The summed E-state index contributed by atoms with van der Waals surface area (Å²) in [4.78, 5) is 12.0. The van der Waals surface area contributed by atoms with E-state index >= 15 is 0 Å². The van der Waals surface area contributed by atoms with Crippen molar-refractivity contribution in [2.45, 2.75) is 26.3 Å². The quantitative estimate of drug-likeness (QED) is 0.830. The van der Waals surface area contributed by atoms with Crippen LogP contribution in [0.15, 0.2) is 22.7 Å². The number of carbonyl (C=O) groups excluding carboxylic acids is 1. The second kappa shape index (κ2) is 5.32. The Hall–Kier alpha value is -0.350. The third-order valence-corrected chi connectivity index (χ3v) is 3.95. The van der Waals surface area contributed by atoms with Gasteiger partial charge in [0.05, 0.1) is 0 Å². The Bertz CT molecular complexity index is 382. The van der Waals surface area contributed by atoms with Gasteiger partial charge in [-0.15, -0.1) is 0 Å². The van der Waals surface area contributed by atoms with Crippen LogP contribution in [0.5, 0.6) is 0 Å². The van der Waals surface area contributed by atoms with Gasteiger partial charge in [0, 0.05) is 20.9 Å². The largest absolute Gasteiger partial charge is 0.346 e. The zero-order chi connectivity index (χ0) is 12.3. The van der Waals surface area contributed by atoms with Crippen molar-refractivity contribution in [3.8, 4) is 0 Å². The number of rotatable bonds is 3. The predicted octanol–water partition coefficient (Wildman–Crippen LogP) is 3.66. The van der Waals surface area contributed by atoms with E-state index in [0.717, 1.165) is 15.4 Å². The predicted molar refractivity (Wildman–Crippen MR) is 74.2 cm³/mol. The molecule has 0 radical (unpaired) electrons. The SMILES string of the molecule is Cc1cc(Br)cc(C(=O)NC(C)(C)CBr)c1. The molecule has 0 atom stereocenters. The number of alkyl halides is 1. The van der Waals surface area contributed by atoms with Crippen LogP contribution >= 0.6 is 31.9 Å². The van der Waals surface area contributed by atoms with E-state index < -0.39 is 0 Å². The third-order valence-electron chi connectivity index (χ3n) is 2.09. The lowest BCUT2D eigenvalue weighted by Gasteiger charge is -2.23. The monoisotopic (exact) mass is 347 g/mol. The molecule has 1 rings (SSSR count). The van der Waals surface area contributed by atoms with Crippen molar-refractivity contribution in [2.75, 3.05) is 5.33 Å². The van der Waals surface area contributed by atoms with E-state index in [0.29, 0.717) is 5.56 Å². The first-order valence-corrected chi connectivity index (χ1v) is 6.91. The van der Waals surface area contributed by atoms with Gasteiger partial charge in [-0.1, -0.05) is 31.9 Å². The molecule has 1 aromatic rings. The summed E-state index contributed by atoms with van der Waals surface area (Å²) < 4.78 is 0.925. The fraction of sp³-hybridized carbons (Fsp3) is 0.417. The number of benzene rings is 1. The summed E-state index contributed by atoms with van der Waals surface area (Å²) in [6.45, 7) is 5.92. The van der Waals surface area contributed by atoms with Gasteiger partial charge >= 0.3 is 0 Å². The molecule has 1 aromatic carbocycles. The van der Waals surface area contributed by atoms with Crippen molar-refractivity contribution in [2.24, 2.45) is 0 Å². The number of hydrogen-bond donors (Lipinski definition) is 1. The minimum absolute atomic E-state index is 0.0474. The van der Waals surface area contributed by atoms with E-state index in [2.05, 4.69) is 37.2 Å². The summed E-state index contributed by atoms with van der Waals surface area (Å²) in [5.74, 6) is -0.0474. The molecule has 4 heteroatoms. The summed E-state index contributed by atoms with van der Waals surface area (Å²) >= 11 is 6.77. The maximum atomic E-state index is 12.0. The lowest BCUT2D eigenvalue weighted by atomic mass is 10.1. The Morgan fingerprint density at radius 3 is 2.50 bits per heavy atom. The summed E-state index contributed by atoms with van der Waals surface area (Å²) in [6.07, 6.45) is 0. The lowest BCUT2D eigenvalue weighted by molar-refractivity contribution is 0.0921. The molecule has 0 saturated heterocycles. The summed E-state index contributed by atoms with van der Waals surface area (Å²) in [7, 11) is 0. The molecule has 2 nitrogen and oxygen atoms in total. The van der Waals surface area contributed by atoms with Gasteiger partial charge in [0.15, 0.2) is 0 Å².